The highest BCUT2D eigenvalue weighted by molar-refractivity contribution is 7.49. The predicted molar refractivity (Wildman–Crippen MR) is 201 cm³/mol. The molecule has 8 unspecified atom stereocenters. The molecule has 0 aliphatic carbocycles. The van der Waals surface area contributed by atoms with Crippen LogP contribution in [0.2, 0.25) is 0 Å². The molecule has 0 saturated carbocycles. The number of hydrogen-bond acceptors (Lipinski definition) is 16. The number of aliphatic hydroxyl groups is 1. The van der Waals surface area contributed by atoms with E-state index in [9.17, 15) is 24.0 Å². The molecule has 16 atom stereocenters. The fourth-order valence-electron chi connectivity index (χ4n) is 6.29. The molecule has 8 radical (unpaired) electrons. The first-order valence-electron chi connectivity index (χ1n) is 19.0. The molecule has 56 heavy (non-hydrogen) atoms. The Kier molecular flexibility index (Phi) is 20.5. The van der Waals surface area contributed by atoms with Gasteiger partial charge in [-0.15, -0.1) is 0 Å². The summed E-state index contributed by atoms with van der Waals surface area (Å²) in [5.41, 5.74) is 3.96. The molecular formula is C32H59B4N2O16P2-. The lowest BCUT2D eigenvalue weighted by Gasteiger charge is -2.31. The summed E-state index contributed by atoms with van der Waals surface area (Å²) in [5, 5.41) is 12.5. The summed E-state index contributed by atoms with van der Waals surface area (Å²) in [6.45, 7) is 15.4. The van der Waals surface area contributed by atoms with E-state index in [1.165, 1.54) is 0 Å². The summed E-state index contributed by atoms with van der Waals surface area (Å²) in [4.78, 5) is 23.6. The maximum Gasteiger partial charge on any atom is 0.268 e. The second kappa shape index (κ2) is 22.8. The van der Waals surface area contributed by atoms with Gasteiger partial charge in [-0.1, -0.05) is 0 Å². The zero-order valence-corrected chi connectivity index (χ0v) is 35.4. The molecule has 18 nitrogen and oxygen atoms in total. The number of fused-ring (bicyclic) bond motifs is 2. The van der Waals surface area contributed by atoms with E-state index < -0.39 is 82.3 Å². The Balaban J connectivity index is 0.000000251. The molecule has 5 fully saturated rings. The molecule has 316 valence electrons. The Bertz CT molecular complexity index is 1270. The van der Waals surface area contributed by atoms with Crippen LogP contribution in [0.4, 0.5) is 0 Å². The van der Waals surface area contributed by atoms with Crippen LogP contribution < -0.4 is 20.6 Å². The predicted octanol–water partition coefficient (Wildman–Crippen LogP) is -1.95. The summed E-state index contributed by atoms with van der Waals surface area (Å²) in [7, 11) is 14.0. The topological polar surface area (TPSA) is 242 Å². The van der Waals surface area contributed by atoms with E-state index in [0.717, 1.165) is 6.42 Å². The van der Waals surface area contributed by atoms with E-state index >= 15 is 0 Å². The van der Waals surface area contributed by atoms with E-state index in [1.807, 2.05) is 41.5 Å². The second-order valence-electron chi connectivity index (χ2n) is 15.3. The van der Waals surface area contributed by atoms with Crippen molar-refractivity contribution in [2.24, 2.45) is 0 Å². The van der Waals surface area contributed by atoms with Crippen LogP contribution >= 0.6 is 15.6 Å². The molecule has 5 aliphatic rings. The number of nitrogens with one attached hydrogen (secondary N) is 1. The van der Waals surface area contributed by atoms with Gasteiger partial charge in [-0.25, -0.2) is 0 Å². The average molecular weight is 833 g/mol. The van der Waals surface area contributed by atoms with Gasteiger partial charge in [-0.05, 0) is 61.8 Å². The van der Waals surface area contributed by atoms with Gasteiger partial charge < -0.3 is 72.1 Å². The van der Waals surface area contributed by atoms with Crippen LogP contribution in [0.1, 0.15) is 68.2 Å². The van der Waals surface area contributed by atoms with Crippen LogP contribution in [0.25, 0.3) is 0 Å². The van der Waals surface area contributed by atoms with Crippen molar-refractivity contribution in [1.82, 2.24) is 5.09 Å². The fraction of sp³-hybridized carbons (Fsp3) is 1.00. The van der Waals surface area contributed by atoms with E-state index in [1.54, 1.807) is 13.8 Å². The molecule has 5 aliphatic heterocycles. The Morgan fingerprint density at radius 1 is 0.804 bits per heavy atom. The summed E-state index contributed by atoms with van der Waals surface area (Å²) in [5.74, 6) is 0. The summed E-state index contributed by atoms with van der Waals surface area (Å²) in [6, 6.07) is -2.81. The van der Waals surface area contributed by atoms with Gasteiger partial charge in [0, 0.05) is 36.5 Å². The SMILES string of the molecule is [B][C@@H]1O[C@@H]2COP(=O)([O-])OC1C2OC(C)C.[B][C@@H]1O[C@H](COP(=O)([O-])NC2C[C@H]([B])O[C@@H]2COC(C)C)C(OC(C)C)C1O.[B][C@H]1CC([NH3+])[C@@H](COC(C)C)O1. The van der Waals surface area contributed by atoms with Crippen molar-refractivity contribution in [3.05, 3.63) is 0 Å². The van der Waals surface area contributed by atoms with Crippen LogP contribution in [0.15, 0.2) is 0 Å². The zero-order valence-electron chi connectivity index (χ0n) is 33.6. The molecule has 5 N–H and O–H groups in total. The maximum atomic E-state index is 12.4. The van der Waals surface area contributed by atoms with E-state index in [2.05, 4.69) is 15.3 Å². The average Bonchev–Trinajstić information content (AvgIpc) is 3.74. The van der Waals surface area contributed by atoms with Gasteiger partial charge in [0.15, 0.2) is 0 Å². The molecule has 24 heteroatoms. The minimum absolute atomic E-state index is 0.0237. The molecule has 2 bridgehead atoms. The number of rotatable bonds is 15. The highest BCUT2D eigenvalue weighted by atomic mass is 31.2. The Hall–Kier alpha value is 0.0797. The number of quaternary nitrogens is 1. The molecule has 5 rings (SSSR count). The van der Waals surface area contributed by atoms with Crippen molar-refractivity contribution >= 4 is 47.0 Å². The zero-order chi connectivity index (χ0) is 42.1. The van der Waals surface area contributed by atoms with Crippen molar-refractivity contribution in [1.29, 1.82) is 0 Å². The summed E-state index contributed by atoms with van der Waals surface area (Å²) in [6.07, 6.45) is -3.88. The van der Waals surface area contributed by atoms with Gasteiger partial charge in [0.25, 0.3) is 7.82 Å². The smallest absolute Gasteiger partial charge is 0.268 e. The van der Waals surface area contributed by atoms with Gasteiger partial charge >= 0.3 is 0 Å². The molecule has 0 amide bonds. The number of hydrogen-bond donors (Lipinski definition) is 3. The van der Waals surface area contributed by atoms with Crippen molar-refractivity contribution in [2.45, 2.75) is 178 Å². The number of phosphoric acid groups is 1. The highest BCUT2D eigenvalue weighted by Gasteiger charge is 2.49. The van der Waals surface area contributed by atoms with E-state index in [0.29, 0.717) is 13.0 Å². The lowest BCUT2D eigenvalue weighted by molar-refractivity contribution is -0.428. The molecule has 0 aromatic carbocycles. The van der Waals surface area contributed by atoms with E-state index in [4.69, 9.17) is 78.3 Å². The Morgan fingerprint density at radius 2 is 1.36 bits per heavy atom. The molecule has 0 spiro atoms. The van der Waals surface area contributed by atoms with Crippen LogP contribution in [0.3, 0.4) is 0 Å². The largest absolute Gasteiger partial charge is 0.766 e. The summed E-state index contributed by atoms with van der Waals surface area (Å²) < 4.78 is 81.8. The van der Waals surface area contributed by atoms with Crippen LogP contribution in [-0.2, 0) is 60.6 Å². The normalized spacial score (nSPS) is 40.7. The lowest BCUT2D eigenvalue weighted by Crippen LogP contribution is -2.65. The standard InChI is InChI=1S/C16H30B2NO8P.C8H16BNO2.C8H14BO6P/c1-8(2)23-6-11-10(5-13(17)26-11)19-28(21,22)24-7-12-15(25-9(3)4)14(20)16(18)27-12;1-5(2)11-4-7-6(10)3-8(9)12-7;1-4(2)13-6-5-3-12-16(10,11)15-7(6)8(9)14-5/h8-16,20H,5-7H2,1-4H3,(H2,19,21,22);5-8H,3-4,10H2,1-2H3;4-8H,3H2,1-2H3,(H,10,11)/p-1/t10?,11-,12-,13-,14?,15?,16-;6?,7-,8-;5-,6?,7?,8-/m111/s1. The van der Waals surface area contributed by atoms with Gasteiger partial charge in [0.1, 0.15) is 80.2 Å². The minimum atomic E-state index is -4.45. The highest BCUT2D eigenvalue weighted by Crippen LogP contribution is 2.47. The van der Waals surface area contributed by atoms with Crippen LogP contribution in [0, 0.1) is 0 Å². The van der Waals surface area contributed by atoms with Gasteiger partial charge in [0.05, 0.1) is 56.9 Å². The van der Waals surface area contributed by atoms with Crippen LogP contribution in [-0.4, -0.2) is 172 Å². The summed E-state index contributed by atoms with van der Waals surface area (Å²) >= 11 is 0. The second-order valence-corrected chi connectivity index (χ2v) is 18.2. The first-order valence-corrected chi connectivity index (χ1v) is 22.0. The van der Waals surface area contributed by atoms with Gasteiger partial charge in [0.2, 0.25) is 7.75 Å². The first kappa shape index (κ1) is 50.4. The van der Waals surface area contributed by atoms with Crippen molar-refractivity contribution in [2.75, 3.05) is 26.4 Å². The molecular weight excluding hydrogens is 774 g/mol. The monoisotopic (exact) mass is 833 g/mol. The first-order chi connectivity index (χ1) is 26.0. The third-order valence-corrected chi connectivity index (χ3v) is 10.9. The molecule has 5 heterocycles. The van der Waals surface area contributed by atoms with Crippen molar-refractivity contribution < 1.29 is 81.2 Å². The number of ether oxygens (including phenoxy) is 8. The Labute approximate surface area is 336 Å². The van der Waals surface area contributed by atoms with Crippen molar-refractivity contribution in [3.63, 3.8) is 0 Å². The lowest BCUT2D eigenvalue weighted by atomic mass is 9.93. The number of aliphatic hydroxyl groups excluding tert-OH is 1. The quantitative estimate of drug-likeness (QED) is 0.120. The fourth-order valence-corrected chi connectivity index (χ4v) is 8.31. The van der Waals surface area contributed by atoms with Gasteiger partial charge in [-0.2, -0.15) is 0 Å². The third kappa shape index (κ3) is 16.5. The number of phosphoric ester groups is 1. The van der Waals surface area contributed by atoms with Gasteiger partial charge in [-0.3, -0.25) is 14.2 Å². The van der Waals surface area contributed by atoms with E-state index in [-0.39, 0.29) is 62.4 Å². The third-order valence-electron chi connectivity index (χ3n) is 8.84. The Morgan fingerprint density at radius 3 is 1.91 bits per heavy atom. The van der Waals surface area contributed by atoms with Crippen molar-refractivity contribution in [3.8, 4) is 0 Å². The minimum Gasteiger partial charge on any atom is -0.766 e. The maximum absolute atomic E-state index is 12.4. The molecule has 5 saturated heterocycles. The molecule has 0 aromatic rings. The van der Waals surface area contributed by atoms with Crippen LogP contribution in [0.5, 0.6) is 0 Å². The molecule has 0 aromatic heterocycles.